The molecule has 0 spiro atoms. The van der Waals surface area contributed by atoms with Crippen LogP contribution in [0.25, 0.3) is 0 Å². The summed E-state index contributed by atoms with van der Waals surface area (Å²) in [6.45, 7) is 0. The second-order valence-electron chi connectivity index (χ2n) is 4.03. The topological polar surface area (TPSA) is 54.4 Å². The summed E-state index contributed by atoms with van der Waals surface area (Å²) in [4.78, 5) is 11.4. The molecule has 0 aromatic heterocycles. The molecule has 6 heteroatoms. The Morgan fingerprint density at radius 3 is 2.55 bits per heavy atom. The van der Waals surface area contributed by atoms with Crippen LogP contribution < -0.4 is 0 Å². The smallest absolute Gasteiger partial charge is 0.336 e. The van der Waals surface area contributed by atoms with Gasteiger partial charge >= 0.3 is 5.97 Å². The van der Waals surface area contributed by atoms with Crippen molar-refractivity contribution in [1.29, 1.82) is 0 Å². The minimum absolute atomic E-state index is 0.0315. The second kappa shape index (κ2) is 6.39. The van der Waals surface area contributed by atoms with E-state index in [4.69, 9.17) is 28.3 Å². The molecule has 0 saturated heterocycles. The molecule has 2 aromatic rings. The molecule has 0 radical (unpaired) electrons. The lowest BCUT2D eigenvalue weighted by Crippen LogP contribution is -2.06. The Balaban J connectivity index is 2.33. The van der Waals surface area contributed by atoms with Crippen molar-refractivity contribution >= 4 is 40.0 Å². The molecule has 2 rings (SSSR count). The molecule has 0 fully saturated rings. The summed E-state index contributed by atoms with van der Waals surface area (Å²) in [5, 5.41) is 10.0. The fourth-order valence-electron chi connectivity index (χ4n) is 1.71. The van der Waals surface area contributed by atoms with Crippen LogP contribution in [-0.2, 0) is 16.6 Å². The summed E-state index contributed by atoms with van der Waals surface area (Å²) < 4.78 is 12.3. The number of carbonyl (C=O) groups is 1. The Morgan fingerprint density at radius 2 is 1.85 bits per heavy atom. The van der Waals surface area contributed by atoms with Crippen LogP contribution in [0.3, 0.4) is 0 Å². The van der Waals surface area contributed by atoms with Gasteiger partial charge in [-0.05, 0) is 35.9 Å². The van der Waals surface area contributed by atoms with Crippen LogP contribution in [-0.4, -0.2) is 15.3 Å². The molecule has 0 aliphatic carbocycles. The molecule has 104 valence electrons. The van der Waals surface area contributed by atoms with Crippen LogP contribution in [0, 0.1) is 0 Å². The number of carboxylic acids is 1. The fourth-order valence-corrected chi connectivity index (χ4v) is 3.48. The Kier molecular flexibility index (Phi) is 4.81. The van der Waals surface area contributed by atoms with Gasteiger partial charge in [-0.15, -0.1) is 0 Å². The predicted octanol–water partition coefficient (Wildman–Crippen LogP) is 4.00. The van der Waals surface area contributed by atoms with Crippen LogP contribution in [0.1, 0.15) is 15.9 Å². The Hall–Kier alpha value is -1.36. The standard InChI is InChI=1S/C14H10Cl2O3S/c15-10-5-6-12(16)9(7-10)8-20(19)13-4-2-1-3-11(13)14(17)18/h1-7H,8H2,(H,17,18). The van der Waals surface area contributed by atoms with Crippen molar-refractivity contribution < 1.29 is 14.1 Å². The van der Waals surface area contributed by atoms with Gasteiger partial charge in [-0.3, -0.25) is 4.21 Å². The molecule has 2 aromatic carbocycles. The van der Waals surface area contributed by atoms with Crippen molar-refractivity contribution in [2.24, 2.45) is 0 Å². The molecule has 1 N–H and O–H groups in total. The molecule has 1 unspecified atom stereocenters. The molecule has 0 amide bonds. The van der Waals surface area contributed by atoms with Crippen LogP contribution >= 0.6 is 23.2 Å². The van der Waals surface area contributed by atoms with Gasteiger partial charge in [0.2, 0.25) is 0 Å². The molecule has 3 nitrogen and oxygen atoms in total. The van der Waals surface area contributed by atoms with Gasteiger partial charge in [-0.1, -0.05) is 35.3 Å². The number of hydrogen-bond acceptors (Lipinski definition) is 2. The van der Waals surface area contributed by atoms with E-state index in [1.807, 2.05) is 0 Å². The average Bonchev–Trinajstić information content (AvgIpc) is 2.42. The van der Waals surface area contributed by atoms with Crippen molar-refractivity contribution in [1.82, 2.24) is 0 Å². The molecule has 1 atom stereocenters. The monoisotopic (exact) mass is 328 g/mol. The predicted molar refractivity (Wildman–Crippen MR) is 80.0 cm³/mol. The lowest BCUT2D eigenvalue weighted by Gasteiger charge is -2.08. The van der Waals surface area contributed by atoms with Gasteiger partial charge in [0, 0.05) is 10.0 Å². The normalized spacial score (nSPS) is 12.1. The van der Waals surface area contributed by atoms with Gasteiger partial charge in [0.15, 0.2) is 0 Å². The highest BCUT2D eigenvalue weighted by Crippen LogP contribution is 2.24. The van der Waals surface area contributed by atoms with Crippen LogP contribution in [0.2, 0.25) is 10.0 Å². The maximum atomic E-state index is 12.3. The van der Waals surface area contributed by atoms with E-state index < -0.39 is 16.8 Å². The first-order chi connectivity index (χ1) is 9.49. The lowest BCUT2D eigenvalue weighted by molar-refractivity contribution is 0.0693. The van der Waals surface area contributed by atoms with E-state index in [1.165, 1.54) is 12.1 Å². The van der Waals surface area contributed by atoms with Crippen molar-refractivity contribution in [2.75, 3.05) is 0 Å². The quantitative estimate of drug-likeness (QED) is 0.922. The van der Waals surface area contributed by atoms with Crippen molar-refractivity contribution in [3.05, 3.63) is 63.6 Å². The first-order valence-electron chi connectivity index (χ1n) is 5.63. The summed E-state index contributed by atoms with van der Waals surface area (Å²) in [6.07, 6.45) is 0. The number of aromatic carboxylic acids is 1. The lowest BCUT2D eigenvalue weighted by atomic mass is 10.2. The Bertz CT molecular complexity index is 686. The van der Waals surface area contributed by atoms with E-state index in [0.717, 1.165) is 0 Å². The molecular weight excluding hydrogens is 319 g/mol. The largest absolute Gasteiger partial charge is 0.478 e. The zero-order valence-electron chi connectivity index (χ0n) is 10.2. The number of hydrogen-bond donors (Lipinski definition) is 1. The van der Waals surface area contributed by atoms with Crippen molar-refractivity contribution in [2.45, 2.75) is 10.6 Å². The molecule has 0 saturated carbocycles. The second-order valence-corrected chi connectivity index (χ2v) is 6.29. The highest BCUT2D eigenvalue weighted by molar-refractivity contribution is 7.84. The highest BCUT2D eigenvalue weighted by Gasteiger charge is 2.16. The van der Waals surface area contributed by atoms with E-state index in [2.05, 4.69) is 0 Å². The number of carboxylic acid groups (broad SMARTS) is 1. The minimum atomic E-state index is -1.51. The third-order valence-corrected chi connectivity index (χ3v) is 4.68. The van der Waals surface area contributed by atoms with E-state index in [-0.39, 0.29) is 16.2 Å². The van der Waals surface area contributed by atoms with Crippen LogP contribution in [0.4, 0.5) is 0 Å². The first-order valence-corrected chi connectivity index (χ1v) is 7.71. The zero-order chi connectivity index (χ0) is 14.7. The molecule has 0 aliphatic heterocycles. The highest BCUT2D eigenvalue weighted by atomic mass is 35.5. The maximum Gasteiger partial charge on any atom is 0.336 e. The fraction of sp³-hybridized carbons (Fsp3) is 0.0714. The Morgan fingerprint density at radius 1 is 1.15 bits per heavy atom. The van der Waals surface area contributed by atoms with Gasteiger partial charge in [-0.2, -0.15) is 0 Å². The van der Waals surface area contributed by atoms with E-state index in [1.54, 1.807) is 30.3 Å². The van der Waals surface area contributed by atoms with Gasteiger partial charge in [-0.25, -0.2) is 4.79 Å². The van der Waals surface area contributed by atoms with E-state index >= 15 is 0 Å². The van der Waals surface area contributed by atoms with Gasteiger partial charge < -0.3 is 5.11 Å². The van der Waals surface area contributed by atoms with Crippen LogP contribution in [0.15, 0.2) is 47.4 Å². The van der Waals surface area contributed by atoms with Gasteiger partial charge in [0.25, 0.3) is 0 Å². The summed E-state index contributed by atoms with van der Waals surface area (Å²) in [5.41, 5.74) is 0.654. The van der Waals surface area contributed by atoms with Gasteiger partial charge in [0.1, 0.15) is 0 Å². The molecular formula is C14H10Cl2O3S. The van der Waals surface area contributed by atoms with Crippen molar-refractivity contribution in [3.8, 4) is 0 Å². The number of benzene rings is 2. The Labute approximate surface area is 128 Å². The molecule has 0 bridgehead atoms. The SMILES string of the molecule is O=C(O)c1ccccc1S(=O)Cc1cc(Cl)ccc1Cl. The van der Waals surface area contributed by atoms with Crippen LogP contribution in [0.5, 0.6) is 0 Å². The van der Waals surface area contributed by atoms with E-state index in [0.29, 0.717) is 15.6 Å². The van der Waals surface area contributed by atoms with Gasteiger partial charge in [0.05, 0.1) is 27.0 Å². The maximum absolute atomic E-state index is 12.3. The molecule has 0 heterocycles. The third-order valence-electron chi connectivity index (χ3n) is 2.66. The molecule has 20 heavy (non-hydrogen) atoms. The third kappa shape index (κ3) is 3.39. The summed E-state index contributed by atoms with van der Waals surface area (Å²) in [5.74, 6) is -0.991. The first kappa shape index (κ1) is 15.0. The summed E-state index contributed by atoms with van der Waals surface area (Å²) in [6, 6.07) is 11.1. The number of halogens is 2. The van der Waals surface area contributed by atoms with Crippen molar-refractivity contribution in [3.63, 3.8) is 0 Å². The van der Waals surface area contributed by atoms with E-state index in [9.17, 15) is 9.00 Å². The zero-order valence-corrected chi connectivity index (χ0v) is 12.5. The summed E-state index contributed by atoms with van der Waals surface area (Å²) >= 11 is 11.9. The summed E-state index contributed by atoms with van der Waals surface area (Å²) in [7, 11) is -1.51. The molecule has 0 aliphatic rings. The number of rotatable bonds is 4. The minimum Gasteiger partial charge on any atom is -0.478 e. The average molecular weight is 329 g/mol.